The molecule has 1 aliphatic rings. The molecule has 30 heavy (non-hydrogen) atoms. The van der Waals surface area contributed by atoms with Crippen LogP contribution in [-0.4, -0.2) is 33.3 Å². The molecule has 0 aromatic heterocycles. The van der Waals surface area contributed by atoms with Gasteiger partial charge in [-0.3, -0.25) is 4.31 Å². The molecular weight excluding hydrogens is 433 g/mol. The fourth-order valence-electron chi connectivity index (χ4n) is 3.92. The van der Waals surface area contributed by atoms with Crippen molar-refractivity contribution >= 4 is 33.5 Å². The smallest absolute Gasteiger partial charge is 0.235 e. The highest BCUT2D eigenvalue weighted by molar-refractivity contribution is 7.93. The van der Waals surface area contributed by atoms with E-state index in [9.17, 15) is 13.2 Å². The van der Waals surface area contributed by atoms with Gasteiger partial charge in [-0.1, -0.05) is 52.2 Å². The van der Waals surface area contributed by atoms with Gasteiger partial charge in [-0.05, 0) is 61.5 Å². The third kappa shape index (κ3) is 6.29. The standard InChI is InChI=1S/C22H40NO4PSSi/c1-6-7-8-9-21(27-28)18-10-12-19(13-11-18)23-20(15-17-29(23,24)25)14-16-22(2,3)30(4,5)26/h10-13,20-21,26H,6-9,14-17,28H2,1-5H3. The van der Waals surface area contributed by atoms with Crippen LogP contribution in [0.2, 0.25) is 18.1 Å². The summed E-state index contributed by atoms with van der Waals surface area (Å²) >= 11 is 0. The van der Waals surface area contributed by atoms with E-state index in [-0.39, 0.29) is 22.9 Å². The number of rotatable bonds is 11. The van der Waals surface area contributed by atoms with E-state index in [0.717, 1.165) is 36.9 Å². The van der Waals surface area contributed by atoms with Crippen LogP contribution < -0.4 is 4.31 Å². The Labute approximate surface area is 187 Å². The fourth-order valence-corrected chi connectivity index (χ4v) is 6.85. The maximum absolute atomic E-state index is 12.8. The van der Waals surface area contributed by atoms with Crippen molar-refractivity contribution in [2.75, 3.05) is 10.1 Å². The van der Waals surface area contributed by atoms with Gasteiger partial charge in [0.2, 0.25) is 10.0 Å². The van der Waals surface area contributed by atoms with Crippen molar-refractivity contribution < 1.29 is 17.7 Å². The fraction of sp³-hybridized carbons (Fsp3) is 0.727. The number of benzene rings is 1. The molecule has 1 aromatic rings. The van der Waals surface area contributed by atoms with Crippen molar-refractivity contribution in [3.8, 4) is 0 Å². The third-order valence-electron chi connectivity index (χ3n) is 6.85. The lowest BCUT2D eigenvalue weighted by Gasteiger charge is -2.36. The van der Waals surface area contributed by atoms with Crippen molar-refractivity contribution in [1.29, 1.82) is 0 Å². The normalized spacial score (nSPS) is 20.5. The molecule has 0 spiro atoms. The molecule has 5 nitrogen and oxygen atoms in total. The van der Waals surface area contributed by atoms with Crippen molar-refractivity contribution in [3.63, 3.8) is 0 Å². The van der Waals surface area contributed by atoms with Crippen molar-refractivity contribution in [2.45, 2.75) is 96.0 Å². The van der Waals surface area contributed by atoms with Crippen molar-refractivity contribution in [2.24, 2.45) is 0 Å². The average Bonchev–Trinajstić information content (AvgIpc) is 2.97. The molecule has 172 valence electrons. The Bertz CT molecular complexity index is 777. The van der Waals surface area contributed by atoms with Crippen LogP contribution in [0.15, 0.2) is 24.3 Å². The summed E-state index contributed by atoms with van der Waals surface area (Å²) in [6.45, 7) is 10.3. The lowest BCUT2D eigenvalue weighted by atomic mass is 10.00. The molecule has 1 saturated heterocycles. The van der Waals surface area contributed by atoms with Gasteiger partial charge in [0.25, 0.3) is 0 Å². The van der Waals surface area contributed by atoms with Gasteiger partial charge in [0.15, 0.2) is 8.32 Å². The first-order valence-corrected chi connectivity index (χ1v) is 16.2. The van der Waals surface area contributed by atoms with Gasteiger partial charge in [-0.25, -0.2) is 8.42 Å². The monoisotopic (exact) mass is 473 g/mol. The van der Waals surface area contributed by atoms with Crippen molar-refractivity contribution in [1.82, 2.24) is 0 Å². The molecule has 0 amide bonds. The Kier molecular flexibility index (Phi) is 8.97. The highest BCUT2D eigenvalue weighted by atomic mass is 32.2. The molecule has 3 unspecified atom stereocenters. The maximum atomic E-state index is 12.8. The molecule has 2 rings (SSSR count). The minimum atomic E-state index is -3.30. The first-order valence-electron chi connectivity index (χ1n) is 11.1. The van der Waals surface area contributed by atoms with Gasteiger partial charge in [0.05, 0.1) is 17.5 Å². The first-order chi connectivity index (χ1) is 13.9. The Morgan fingerprint density at radius 2 is 1.90 bits per heavy atom. The summed E-state index contributed by atoms with van der Waals surface area (Å²) in [6.07, 6.45) is 6.65. The van der Waals surface area contributed by atoms with E-state index in [2.05, 4.69) is 30.2 Å². The van der Waals surface area contributed by atoms with Crippen LogP contribution in [0.5, 0.6) is 0 Å². The van der Waals surface area contributed by atoms with Crippen LogP contribution in [0.3, 0.4) is 0 Å². The number of hydrogen-bond acceptors (Lipinski definition) is 4. The summed E-state index contributed by atoms with van der Waals surface area (Å²) in [5, 5.41) is -0.156. The molecule has 0 aliphatic carbocycles. The minimum absolute atomic E-state index is 0.0131. The van der Waals surface area contributed by atoms with Crippen LogP contribution in [0, 0.1) is 0 Å². The molecule has 1 N–H and O–H groups in total. The van der Waals surface area contributed by atoms with E-state index in [1.165, 1.54) is 12.8 Å². The summed E-state index contributed by atoms with van der Waals surface area (Å²) < 4.78 is 32.8. The highest BCUT2D eigenvalue weighted by Gasteiger charge is 2.42. The number of sulfonamides is 1. The number of anilines is 1. The van der Waals surface area contributed by atoms with Crippen LogP contribution in [-0.2, 0) is 14.5 Å². The molecule has 1 aliphatic heterocycles. The minimum Gasteiger partial charge on any atom is -0.432 e. The van der Waals surface area contributed by atoms with E-state index in [1.54, 1.807) is 4.31 Å². The second-order valence-corrected chi connectivity index (χ2v) is 16.5. The number of hydrogen-bond donors (Lipinski definition) is 1. The first kappa shape index (κ1) is 25.8. The van der Waals surface area contributed by atoms with Gasteiger partial charge in [0.1, 0.15) is 0 Å². The third-order valence-corrected chi connectivity index (χ3v) is 12.6. The molecule has 8 heteroatoms. The van der Waals surface area contributed by atoms with Crippen molar-refractivity contribution in [3.05, 3.63) is 29.8 Å². The molecule has 3 atom stereocenters. The van der Waals surface area contributed by atoms with Crippen LogP contribution in [0.1, 0.15) is 77.4 Å². The quantitative estimate of drug-likeness (QED) is 0.251. The van der Waals surface area contributed by atoms with E-state index in [1.807, 2.05) is 37.4 Å². The molecular formula is C22H40NO4PSSi. The highest BCUT2D eigenvalue weighted by Crippen LogP contribution is 2.42. The SMILES string of the molecule is CCCCCC(OP)c1ccc(N2C(CCC(C)(C)[Si](C)(C)O)CCS2(=O)=O)cc1. The summed E-state index contributed by atoms with van der Waals surface area (Å²) in [6, 6.07) is 7.77. The van der Waals surface area contributed by atoms with E-state index in [0.29, 0.717) is 6.42 Å². The Morgan fingerprint density at radius 3 is 2.43 bits per heavy atom. The predicted octanol–water partition coefficient (Wildman–Crippen LogP) is 5.78. The summed E-state index contributed by atoms with van der Waals surface area (Å²) in [4.78, 5) is 10.6. The van der Waals surface area contributed by atoms with Gasteiger partial charge in [0, 0.05) is 15.5 Å². The van der Waals surface area contributed by atoms with Gasteiger partial charge in [-0.15, -0.1) is 0 Å². The van der Waals surface area contributed by atoms with Gasteiger partial charge < -0.3 is 9.32 Å². The molecule has 0 radical (unpaired) electrons. The second-order valence-electron chi connectivity index (χ2n) is 9.75. The van der Waals surface area contributed by atoms with E-state index >= 15 is 0 Å². The maximum Gasteiger partial charge on any atom is 0.235 e. The molecule has 0 saturated carbocycles. The topological polar surface area (TPSA) is 66.8 Å². The van der Waals surface area contributed by atoms with Crippen LogP contribution >= 0.6 is 9.47 Å². The summed E-state index contributed by atoms with van der Waals surface area (Å²) in [5.74, 6) is 0.189. The van der Waals surface area contributed by atoms with Crippen LogP contribution in [0.25, 0.3) is 0 Å². The molecule has 0 bridgehead atoms. The molecule has 1 heterocycles. The van der Waals surface area contributed by atoms with Gasteiger partial charge >= 0.3 is 0 Å². The van der Waals surface area contributed by atoms with E-state index < -0.39 is 18.3 Å². The van der Waals surface area contributed by atoms with Crippen LogP contribution in [0.4, 0.5) is 5.69 Å². The zero-order valence-electron chi connectivity index (χ0n) is 19.2. The Balaban J connectivity index is 2.16. The summed E-state index contributed by atoms with van der Waals surface area (Å²) in [5.41, 5.74) is 1.81. The lowest BCUT2D eigenvalue weighted by Crippen LogP contribution is -2.40. The molecule has 1 aromatic carbocycles. The second kappa shape index (κ2) is 10.4. The summed E-state index contributed by atoms with van der Waals surface area (Å²) in [7, 11) is -3.25. The average molecular weight is 474 g/mol. The van der Waals surface area contributed by atoms with Gasteiger partial charge in [-0.2, -0.15) is 0 Å². The van der Waals surface area contributed by atoms with E-state index in [4.69, 9.17) is 4.52 Å². The Hall–Kier alpha value is -0.463. The number of unbranched alkanes of at least 4 members (excludes halogenated alkanes) is 2. The largest absolute Gasteiger partial charge is 0.432 e. The number of nitrogens with zero attached hydrogens (tertiary/aromatic N) is 1. The lowest BCUT2D eigenvalue weighted by molar-refractivity contribution is 0.227. The Morgan fingerprint density at radius 1 is 1.27 bits per heavy atom. The zero-order chi connectivity index (χ0) is 22.6. The zero-order valence-corrected chi connectivity index (χ0v) is 22.2. The molecule has 1 fully saturated rings. The predicted molar refractivity (Wildman–Crippen MR) is 132 cm³/mol.